The number of aromatic nitrogens is 3. The Morgan fingerprint density at radius 2 is 1.70 bits per heavy atom. The minimum absolute atomic E-state index is 0.105. The van der Waals surface area contributed by atoms with Crippen molar-refractivity contribution < 1.29 is 9.90 Å². The number of aryl methyl sites for hydroxylation is 1. The molecule has 7 heteroatoms. The lowest BCUT2D eigenvalue weighted by molar-refractivity contribution is -0.112. The quantitative estimate of drug-likeness (QED) is 0.156. The van der Waals surface area contributed by atoms with Crippen molar-refractivity contribution in [1.29, 1.82) is 0 Å². The van der Waals surface area contributed by atoms with E-state index in [1.54, 1.807) is 23.1 Å². The second kappa shape index (κ2) is 11.3. The van der Waals surface area contributed by atoms with E-state index in [2.05, 4.69) is 35.3 Å². The number of hydrogen-bond donors (Lipinski definition) is 2. The van der Waals surface area contributed by atoms with Crippen LogP contribution in [0, 0.1) is 6.92 Å². The molecule has 0 atom stereocenters. The van der Waals surface area contributed by atoms with E-state index in [9.17, 15) is 9.90 Å². The zero-order chi connectivity index (χ0) is 26.5. The summed E-state index contributed by atoms with van der Waals surface area (Å²) in [7, 11) is 0. The standard InChI is InChI=1S/C30H30N4O2S/c1-19(2)26-8-6-5-7-23(26)17-27(37)28(21(4)35)30(36)32-24-13-11-22(12-14-24)29-31-18-34(33-29)25-15-9-20(3)10-16-25/h5-16,18-19,35H,17H2,1-4H3,(H,32,36). The molecule has 188 valence electrons. The molecule has 1 heterocycles. The van der Waals surface area contributed by atoms with Crippen LogP contribution in [-0.2, 0) is 11.2 Å². The van der Waals surface area contributed by atoms with E-state index in [-0.39, 0.29) is 11.3 Å². The maximum atomic E-state index is 13.1. The second-order valence-electron chi connectivity index (χ2n) is 9.29. The van der Waals surface area contributed by atoms with Crippen molar-refractivity contribution in [1.82, 2.24) is 14.8 Å². The minimum atomic E-state index is -0.443. The van der Waals surface area contributed by atoms with E-state index in [4.69, 9.17) is 12.2 Å². The number of hydrogen-bond acceptors (Lipinski definition) is 5. The van der Waals surface area contributed by atoms with Gasteiger partial charge in [-0.15, -0.1) is 5.10 Å². The van der Waals surface area contributed by atoms with E-state index < -0.39 is 5.91 Å². The van der Waals surface area contributed by atoms with Gasteiger partial charge in [-0.05, 0) is 67.3 Å². The van der Waals surface area contributed by atoms with Crippen molar-refractivity contribution in [3.8, 4) is 17.1 Å². The number of benzene rings is 3. The lowest BCUT2D eigenvalue weighted by atomic mass is 9.93. The summed E-state index contributed by atoms with van der Waals surface area (Å²) in [5.41, 5.74) is 5.85. The normalized spacial score (nSPS) is 11.8. The number of carbonyl (C=O) groups excluding carboxylic acids is 1. The van der Waals surface area contributed by atoms with Crippen LogP contribution in [0.15, 0.2) is 90.5 Å². The Bertz CT molecular complexity index is 1450. The highest BCUT2D eigenvalue weighted by molar-refractivity contribution is 7.81. The number of allylic oxidation sites excluding steroid dienone is 1. The summed E-state index contributed by atoms with van der Waals surface area (Å²) in [5.74, 6) is 0.357. The number of nitrogens with zero attached hydrogens (tertiary/aromatic N) is 3. The van der Waals surface area contributed by atoms with Crippen molar-refractivity contribution in [2.24, 2.45) is 0 Å². The number of thiocarbonyl (C=S) groups is 1. The summed E-state index contributed by atoms with van der Waals surface area (Å²) in [6, 6.07) is 23.3. The van der Waals surface area contributed by atoms with E-state index in [1.807, 2.05) is 61.5 Å². The molecule has 1 amide bonds. The molecule has 0 aliphatic carbocycles. The van der Waals surface area contributed by atoms with Crippen LogP contribution in [0.25, 0.3) is 17.1 Å². The minimum Gasteiger partial charge on any atom is -0.512 e. The first kappa shape index (κ1) is 26.0. The maximum absolute atomic E-state index is 13.1. The van der Waals surface area contributed by atoms with E-state index in [0.29, 0.717) is 28.7 Å². The number of rotatable bonds is 8. The van der Waals surface area contributed by atoms with Gasteiger partial charge in [-0.1, -0.05) is 68.0 Å². The Morgan fingerprint density at radius 3 is 2.35 bits per heavy atom. The number of amides is 1. The van der Waals surface area contributed by atoms with Crippen LogP contribution in [0.4, 0.5) is 5.69 Å². The molecule has 4 aromatic rings. The Kier molecular flexibility index (Phi) is 7.94. The average molecular weight is 511 g/mol. The molecule has 0 saturated heterocycles. The van der Waals surface area contributed by atoms with Crippen LogP contribution in [0.5, 0.6) is 0 Å². The summed E-state index contributed by atoms with van der Waals surface area (Å²) in [4.78, 5) is 17.9. The van der Waals surface area contributed by atoms with Crippen LogP contribution in [-0.4, -0.2) is 30.6 Å². The zero-order valence-electron chi connectivity index (χ0n) is 21.4. The van der Waals surface area contributed by atoms with Crippen LogP contribution in [0.3, 0.4) is 0 Å². The largest absolute Gasteiger partial charge is 0.512 e. The number of carbonyl (C=O) groups is 1. The van der Waals surface area contributed by atoms with Crippen LogP contribution in [0.1, 0.15) is 43.4 Å². The van der Waals surface area contributed by atoms with Crippen molar-refractivity contribution >= 4 is 28.7 Å². The highest BCUT2D eigenvalue weighted by atomic mass is 32.1. The van der Waals surface area contributed by atoms with E-state index >= 15 is 0 Å². The molecule has 3 aromatic carbocycles. The van der Waals surface area contributed by atoms with Gasteiger partial charge in [-0.3, -0.25) is 4.79 Å². The van der Waals surface area contributed by atoms with Gasteiger partial charge in [0.2, 0.25) is 0 Å². The molecule has 0 radical (unpaired) electrons. The van der Waals surface area contributed by atoms with Gasteiger partial charge in [-0.2, -0.15) is 0 Å². The molecular formula is C30H30N4O2S. The number of nitrogens with one attached hydrogen (secondary N) is 1. The molecule has 6 nitrogen and oxygen atoms in total. The summed E-state index contributed by atoms with van der Waals surface area (Å²) in [5, 5.41) is 17.7. The Hall–Kier alpha value is -4.10. The summed E-state index contributed by atoms with van der Waals surface area (Å²) < 4.78 is 1.73. The Morgan fingerprint density at radius 1 is 1.03 bits per heavy atom. The molecule has 0 aliphatic rings. The van der Waals surface area contributed by atoms with Crippen LogP contribution >= 0.6 is 12.2 Å². The van der Waals surface area contributed by atoms with Gasteiger partial charge >= 0.3 is 0 Å². The third-order valence-corrected chi connectivity index (χ3v) is 6.44. The highest BCUT2D eigenvalue weighted by Gasteiger charge is 2.20. The summed E-state index contributed by atoms with van der Waals surface area (Å²) in [6.45, 7) is 7.76. The van der Waals surface area contributed by atoms with Crippen molar-refractivity contribution in [2.75, 3.05) is 5.32 Å². The third-order valence-electron chi connectivity index (χ3n) is 6.09. The smallest absolute Gasteiger partial charge is 0.260 e. The Balaban J connectivity index is 1.46. The fraction of sp³-hybridized carbons (Fsp3) is 0.200. The molecule has 0 fully saturated rings. The van der Waals surface area contributed by atoms with Crippen molar-refractivity contribution in [3.05, 3.63) is 107 Å². The molecule has 1 aromatic heterocycles. The van der Waals surface area contributed by atoms with Gasteiger partial charge in [0.1, 0.15) is 12.1 Å². The second-order valence-corrected chi connectivity index (χ2v) is 9.79. The molecule has 0 bridgehead atoms. The average Bonchev–Trinajstić information content (AvgIpc) is 3.35. The SMILES string of the molecule is CC(O)=C(C(=O)Nc1ccc(-c2ncn(-c3ccc(C)cc3)n2)cc1)C(=S)Cc1ccccc1C(C)C. The first-order valence-electron chi connectivity index (χ1n) is 12.1. The molecule has 0 saturated carbocycles. The van der Waals surface area contributed by atoms with E-state index in [0.717, 1.165) is 16.8 Å². The molecule has 2 N–H and O–H groups in total. The van der Waals surface area contributed by atoms with Gasteiger partial charge in [0.05, 0.1) is 11.3 Å². The van der Waals surface area contributed by atoms with Gasteiger partial charge in [0.25, 0.3) is 5.91 Å². The lowest BCUT2D eigenvalue weighted by Gasteiger charge is -2.15. The van der Waals surface area contributed by atoms with Gasteiger partial charge < -0.3 is 10.4 Å². The topological polar surface area (TPSA) is 80.0 Å². The molecule has 0 aliphatic heterocycles. The van der Waals surface area contributed by atoms with Crippen molar-refractivity contribution in [2.45, 2.75) is 40.0 Å². The Labute approximate surface area is 222 Å². The molecular weight excluding hydrogens is 480 g/mol. The maximum Gasteiger partial charge on any atom is 0.260 e. The summed E-state index contributed by atoms with van der Waals surface area (Å²) in [6.07, 6.45) is 2.08. The first-order chi connectivity index (χ1) is 17.7. The monoisotopic (exact) mass is 510 g/mol. The number of aliphatic hydroxyl groups is 1. The molecule has 0 spiro atoms. The molecule has 0 unspecified atom stereocenters. The van der Waals surface area contributed by atoms with Crippen LogP contribution in [0.2, 0.25) is 0 Å². The van der Waals surface area contributed by atoms with Crippen LogP contribution < -0.4 is 5.32 Å². The fourth-order valence-electron chi connectivity index (χ4n) is 4.13. The number of aliphatic hydroxyl groups excluding tert-OH is 1. The van der Waals surface area contributed by atoms with Gasteiger partial charge in [0, 0.05) is 22.5 Å². The predicted molar refractivity (Wildman–Crippen MR) is 152 cm³/mol. The van der Waals surface area contributed by atoms with Gasteiger partial charge in [-0.25, -0.2) is 9.67 Å². The fourth-order valence-corrected chi connectivity index (χ4v) is 4.52. The molecule has 4 rings (SSSR count). The lowest BCUT2D eigenvalue weighted by Crippen LogP contribution is -2.22. The first-order valence-corrected chi connectivity index (χ1v) is 12.5. The third kappa shape index (κ3) is 6.19. The summed E-state index contributed by atoms with van der Waals surface area (Å²) >= 11 is 5.61. The number of anilines is 1. The highest BCUT2D eigenvalue weighted by Crippen LogP contribution is 2.23. The predicted octanol–water partition coefficient (Wildman–Crippen LogP) is 6.75. The zero-order valence-corrected chi connectivity index (χ0v) is 22.2. The molecule has 37 heavy (non-hydrogen) atoms. The van der Waals surface area contributed by atoms with E-state index in [1.165, 1.54) is 18.1 Å². The van der Waals surface area contributed by atoms with Crippen molar-refractivity contribution in [3.63, 3.8) is 0 Å². The van der Waals surface area contributed by atoms with Gasteiger partial charge in [0.15, 0.2) is 5.82 Å².